The van der Waals surface area contributed by atoms with Crippen molar-refractivity contribution >= 4 is 75.9 Å². The van der Waals surface area contributed by atoms with Crippen LogP contribution in [0.2, 0.25) is 0 Å². The molecule has 0 amide bonds. The Labute approximate surface area is 391 Å². The molecule has 0 N–H and O–H groups in total. The highest BCUT2D eigenvalue weighted by molar-refractivity contribution is 6.21. The van der Waals surface area contributed by atoms with Crippen molar-refractivity contribution in [2.75, 3.05) is 0 Å². The Morgan fingerprint density at radius 2 is 0.838 bits per heavy atom. The number of fused-ring (bicyclic) bond motifs is 10. The molecule has 5 heteroatoms. The van der Waals surface area contributed by atoms with E-state index in [1.807, 2.05) is 18.2 Å². The van der Waals surface area contributed by atoms with Crippen LogP contribution in [-0.2, 0) is 0 Å². The smallest absolute Gasteiger partial charge is 0.164 e. The second kappa shape index (κ2) is 15.2. The van der Waals surface area contributed by atoms with Gasteiger partial charge >= 0.3 is 0 Å². The minimum Gasteiger partial charge on any atom is -0.309 e. The summed E-state index contributed by atoms with van der Waals surface area (Å²) < 4.78 is 4.83. The first-order valence-electron chi connectivity index (χ1n) is 23.1. The Morgan fingerprint density at radius 3 is 1.63 bits per heavy atom. The number of hydrogen-bond acceptors (Lipinski definition) is 3. The van der Waals surface area contributed by atoms with E-state index in [1.165, 1.54) is 48.6 Å². The molecule has 0 aliphatic rings. The standard InChI is InChI=1S/C63H39N5/c1-4-16-40(17-5-1)45-29-31-51-54(36-45)53(34-35-57(51)68-59-38-44-22-11-10-21-43(44)37-55(59)52-33-28-41-18-12-13-25-48(41)60(52)68)63-65-61(42-19-6-2-7-20-42)64-62(66-63)46-30-32-50-49-26-14-15-27-56(49)67(58(50)39-46)47-23-8-3-9-24-47/h1-39H. The largest absolute Gasteiger partial charge is 0.309 e. The molecule has 68 heavy (non-hydrogen) atoms. The summed E-state index contributed by atoms with van der Waals surface area (Å²) in [6, 6.07) is 84.7. The zero-order valence-corrected chi connectivity index (χ0v) is 36.8. The van der Waals surface area contributed by atoms with Crippen molar-refractivity contribution in [3.63, 3.8) is 0 Å². The van der Waals surface area contributed by atoms with Gasteiger partial charge in [-0.1, -0.05) is 182 Å². The average Bonchev–Trinajstić information content (AvgIpc) is 3.92. The van der Waals surface area contributed by atoms with Crippen LogP contribution in [0.4, 0.5) is 0 Å². The van der Waals surface area contributed by atoms with Crippen molar-refractivity contribution in [1.29, 1.82) is 0 Å². The van der Waals surface area contributed by atoms with Gasteiger partial charge in [0.25, 0.3) is 0 Å². The minimum atomic E-state index is 0.609. The van der Waals surface area contributed by atoms with Crippen LogP contribution in [0.25, 0.3) is 133 Å². The lowest BCUT2D eigenvalue weighted by molar-refractivity contribution is 1.08. The van der Waals surface area contributed by atoms with Crippen molar-refractivity contribution in [3.8, 4) is 56.7 Å². The van der Waals surface area contributed by atoms with Crippen LogP contribution < -0.4 is 0 Å². The summed E-state index contributed by atoms with van der Waals surface area (Å²) in [5, 5.41) is 11.8. The first-order valence-corrected chi connectivity index (χ1v) is 23.1. The maximum atomic E-state index is 5.44. The molecule has 0 atom stereocenters. The Balaban J connectivity index is 1.05. The fraction of sp³-hybridized carbons (Fsp3) is 0. The van der Waals surface area contributed by atoms with Gasteiger partial charge in [-0.15, -0.1) is 0 Å². The lowest BCUT2D eigenvalue weighted by Gasteiger charge is -2.17. The lowest BCUT2D eigenvalue weighted by Crippen LogP contribution is -2.02. The molecule has 3 aromatic heterocycles. The number of aromatic nitrogens is 5. The third kappa shape index (κ3) is 5.99. The van der Waals surface area contributed by atoms with E-state index in [9.17, 15) is 0 Å². The molecule has 0 aliphatic carbocycles. The Kier molecular flexibility index (Phi) is 8.52. The van der Waals surface area contributed by atoms with E-state index in [4.69, 9.17) is 15.0 Å². The first-order chi connectivity index (χ1) is 33.7. The monoisotopic (exact) mass is 865 g/mol. The molecule has 0 bridgehead atoms. The number of para-hydroxylation sites is 2. The Hall–Kier alpha value is -9.19. The van der Waals surface area contributed by atoms with E-state index in [2.05, 4.69) is 228 Å². The molecule has 0 fully saturated rings. The van der Waals surface area contributed by atoms with Crippen molar-refractivity contribution < 1.29 is 0 Å². The van der Waals surface area contributed by atoms with E-state index in [-0.39, 0.29) is 0 Å². The normalized spacial score (nSPS) is 11.8. The molecule has 316 valence electrons. The number of rotatable bonds is 6. The topological polar surface area (TPSA) is 48.5 Å². The second-order valence-corrected chi connectivity index (χ2v) is 17.6. The molecule has 14 aromatic rings. The molecule has 0 saturated carbocycles. The maximum Gasteiger partial charge on any atom is 0.164 e. The van der Waals surface area contributed by atoms with Gasteiger partial charge in [0.1, 0.15) is 0 Å². The summed E-state index contributed by atoms with van der Waals surface area (Å²) in [4.78, 5) is 16.0. The van der Waals surface area contributed by atoms with Gasteiger partial charge in [0, 0.05) is 54.7 Å². The van der Waals surface area contributed by atoms with E-state index >= 15 is 0 Å². The summed E-state index contributed by atoms with van der Waals surface area (Å²) in [5.41, 5.74) is 11.8. The third-order valence-electron chi connectivity index (χ3n) is 13.7. The fourth-order valence-electron chi connectivity index (χ4n) is 10.6. The Bertz CT molecular complexity index is 4300. The summed E-state index contributed by atoms with van der Waals surface area (Å²) in [6.07, 6.45) is 0. The van der Waals surface area contributed by atoms with E-state index in [0.717, 1.165) is 66.5 Å². The summed E-state index contributed by atoms with van der Waals surface area (Å²) in [5.74, 6) is 1.84. The van der Waals surface area contributed by atoms with Crippen molar-refractivity contribution in [2.45, 2.75) is 0 Å². The van der Waals surface area contributed by atoms with Gasteiger partial charge in [-0.05, 0) is 87.3 Å². The van der Waals surface area contributed by atoms with Crippen LogP contribution in [0.15, 0.2) is 237 Å². The van der Waals surface area contributed by atoms with E-state index in [0.29, 0.717) is 17.5 Å². The zero-order valence-electron chi connectivity index (χ0n) is 36.8. The number of benzene rings is 11. The van der Waals surface area contributed by atoms with Crippen molar-refractivity contribution in [2.24, 2.45) is 0 Å². The van der Waals surface area contributed by atoms with E-state index < -0.39 is 0 Å². The highest BCUT2D eigenvalue weighted by Gasteiger charge is 2.22. The van der Waals surface area contributed by atoms with Crippen LogP contribution >= 0.6 is 0 Å². The quantitative estimate of drug-likeness (QED) is 0.167. The molecule has 0 spiro atoms. The predicted molar refractivity (Wildman–Crippen MR) is 283 cm³/mol. The Morgan fingerprint density at radius 1 is 0.265 bits per heavy atom. The molecule has 0 unspecified atom stereocenters. The van der Waals surface area contributed by atoms with Crippen LogP contribution in [0, 0.1) is 0 Å². The predicted octanol–water partition coefficient (Wildman–Crippen LogP) is 16.2. The van der Waals surface area contributed by atoms with Crippen molar-refractivity contribution in [1.82, 2.24) is 24.1 Å². The SMILES string of the molecule is c1ccc(-c2ccc3c(-n4c5cc6ccccc6cc5c5ccc6ccccc6c54)ccc(-c4nc(-c5ccccc5)nc(-c5ccc6c7ccccc7n(-c7ccccc7)c6c5)n4)c3c2)cc1. The fourth-order valence-corrected chi connectivity index (χ4v) is 10.6. The second-order valence-electron chi connectivity index (χ2n) is 17.6. The number of nitrogens with zero attached hydrogens (tertiary/aromatic N) is 5. The van der Waals surface area contributed by atoms with Crippen LogP contribution in [0.3, 0.4) is 0 Å². The molecule has 0 aliphatic heterocycles. The molecular weight excluding hydrogens is 827 g/mol. The molecular formula is C63H39N5. The average molecular weight is 866 g/mol. The van der Waals surface area contributed by atoms with Gasteiger partial charge in [-0.2, -0.15) is 0 Å². The highest BCUT2D eigenvalue weighted by atomic mass is 15.0. The molecule has 3 heterocycles. The molecule has 5 nitrogen and oxygen atoms in total. The van der Waals surface area contributed by atoms with Gasteiger partial charge in [0.15, 0.2) is 17.5 Å². The zero-order chi connectivity index (χ0) is 44.7. The number of hydrogen-bond donors (Lipinski definition) is 0. The lowest BCUT2D eigenvalue weighted by atomic mass is 9.96. The third-order valence-corrected chi connectivity index (χ3v) is 13.7. The van der Waals surface area contributed by atoms with Crippen LogP contribution in [0.1, 0.15) is 0 Å². The summed E-state index contributed by atoms with van der Waals surface area (Å²) in [7, 11) is 0. The molecule has 0 saturated heterocycles. The van der Waals surface area contributed by atoms with E-state index in [1.54, 1.807) is 0 Å². The molecule has 14 rings (SSSR count). The highest BCUT2D eigenvalue weighted by Crippen LogP contribution is 2.43. The van der Waals surface area contributed by atoms with Crippen LogP contribution in [-0.4, -0.2) is 24.1 Å². The van der Waals surface area contributed by atoms with Crippen molar-refractivity contribution in [3.05, 3.63) is 237 Å². The minimum absolute atomic E-state index is 0.609. The van der Waals surface area contributed by atoms with Gasteiger partial charge < -0.3 is 9.13 Å². The maximum absolute atomic E-state index is 5.44. The molecule has 11 aromatic carbocycles. The summed E-state index contributed by atoms with van der Waals surface area (Å²) in [6.45, 7) is 0. The van der Waals surface area contributed by atoms with Gasteiger partial charge in [-0.3, -0.25) is 0 Å². The van der Waals surface area contributed by atoms with Gasteiger partial charge in [0.05, 0.1) is 27.8 Å². The molecule has 0 radical (unpaired) electrons. The van der Waals surface area contributed by atoms with Gasteiger partial charge in [0.2, 0.25) is 0 Å². The van der Waals surface area contributed by atoms with Crippen LogP contribution in [0.5, 0.6) is 0 Å². The first kappa shape index (κ1) is 38.1. The van der Waals surface area contributed by atoms with Gasteiger partial charge in [-0.25, -0.2) is 15.0 Å². The summed E-state index contributed by atoms with van der Waals surface area (Å²) >= 11 is 0.